The molecule has 0 fully saturated rings. The summed E-state index contributed by atoms with van der Waals surface area (Å²) in [6, 6.07) is 58.5. The molecule has 0 N–H and O–H groups in total. The molecule has 82 heavy (non-hydrogen) atoms. The number of anilines is 9. The van der Waals surface area contributed by atoms with Gasteiger partial charge in [-0.3, -0.25) is 0 Å². The maximum absolute atomic E-state index is 2.71. The van der Waals surface area contributed by atoms with E-state index in [1.165, 1.54) is 128 Å². The van der Waals surface area contributed by atoms with Gasteiger partial charge in [0.15, 0.2) is 0 Å². The van der Waals surface area contributed by atoms with Crippen molar-refractivity contribution in [3.8, 4) is 0 Å². The first-order chi connectivity index (χ1) is 38.4. The van der Waals surface area contributed by atoms with Gasteiger partial charge in [-0.05, 0) is 216 Å². The molecular weight excluding hydrogens is 1010 g/mol. The molecule has 3 nitrogen and oxygen atoms in total. The van der Waals surface area contributed by atoms with E-state index in [2.05, 4.69) is 285 Å². The standard InChI is InChI=1S/C77H86BN3S/c1-47-40-65-70-66(41-47)81(62-20-19-21-67-69(62)55-33-26-50(73(8,9)10)42-68(55)82-67)63-44-54(79(51-27-22-48(23-28-51)71(2,3)4)52-29-24-49(25-30-52)72(5,6)7)32-35-60(63)78(70)61-45-58-59(77(17,18)39-38-76(58,15)16)46-64(61)80(65)53-31-34-56-57(43-53)75(13,14)37-36-74(56,11)12/h19-35,40-46H,36-39H2,1-18H3. The van der Waals surface area contributed by atoms with E-state index in [1.807, 2.05) is 11.3 Å². The number of hydrogen-bond donors (Lipinski definition) is 0. The van der Waals surface area contributed by atoms with Crippen LogP contribution >= 0.6 is 11.3 Å². The molecule has 3 heterocycles. The summed E-state index contributed by atoms with van der Waals surface area (Å²) < 4.78 is 2.64. The lowest BCUT2D eigenvalue weighted by Crippen LogP contribution is -2.62. The first kappa shape index (κ1) is 54.7. The smallest absolute Gasteiger partial charge is 0.252 e. The van der Waals surface area contributed by atoms with E-state index in [0.717, 1.165) is 29.9 Å². The van der Waals surface area contributed by atoms with Crippen LogP contribution in [0.5, 0.6) is 0 Å². The number of rotatable bonds is 5. The molecule has 0 radical (unpaired) electrons. The Kier molecular flexibility index (Phi) is 12.2. The lowest BCUT2D eigenvalue weighted by atomic mass is 9.33. The minimum atomic E-state index is -0.0327. The molecule has 1 aromatic heterocycles. The SMILES string of the molecule is Cc1cc2c3c(c1)N(c1cccc4sc5cc(C(C)(C)C)ccc5c14)c1cc(N(c4ccc(C(C)(C)C)cc4)c4ccc(C(C)(C)C)cc4)ccc1B3c1cc3c(cc1N2c1ccc2c(c1)C(C)(C)CCC2(C)C)C(C)(C)CCC3(C)C. The van der Waals surface area contributed by atoms with E-state index in [9.17, 15) is 0 Å². The Hall–Kier alpha value is -6.56. The number of benzene rings is 8. The average molecular weight is 1100 g/mol. The zero-order valence-electron chi connectivity index (χ0n) is 52.5. The zero-order chi connectivity index (χ0) is 58.2. The Bertz CT molecular complexity index is 4010. The summed E-state index contributed by atoms with van der Waals surface area (Å²) >= 11 is 1.93. The van der Waals surface area contributed by atoms with Crippen molar-refractivity contribution in [2.45, 2.75) is 188 Å². The summed E-state index contributed by atoms with van der Waals surface area (Å²) in [5.74, 6) is 0. The van der Waals surface area contributed by atoms with Crippen molar-refractivity contribution in [3.63, 3.8) is 0 Å². The Morgan fingerprint density at radius 2 is 0.915 bits per heavy atom. The van der Waals surface area contributed by atoms with E-state index >= 15 is 0 Å². The van der Waals surface area contributed by atoms with Crippen LogP contribution in [0.25, 0.3) is 20.2 Å². The summed E-state index contributed by atoms with van der Waals surface area (Å²) in [5, 5.41) is 2.62. The van der Waals surface area contributed by atoms with Crippen molar-refractivity contribution in [1.82, 2.24) is 0 Å². The van der Waals surface area contributed by atoms with Gasteiger partial charge in [0, 0.05) is 65.7 Å². The molecule has 2 aliphatic heterocycles. The first-order valence-electron chi connectivity index (χ1n) is 30.6. The number of thiophene rings is 1. The quantitative estimate of drug-likeness (QED) is 0.159. The molecule has 0 unspecified atom stereocenters. The maximum atomic E-state index is 2.71. The van der Waals surface area contributed by atoms with Crippen LogP contribution in [-0.4, -0.2) is 6.71 Å². The predicted molar refractivity (Wildman–Crippen MR) is 359 cm³/mol. The fraction of sp³-hybridized carbons (Fsp3) is 0.377. The average Bonchev–Trinajstić information content (AvgIpc) is 1.12. The third-order valence-corrected chi connectivity index (χ3v) is 21.2. The molecule has 5 heteroatoms. The highest BCUT2D eigenvalue weighted by Crippen LogP contribution is 2.55. The van der Waals surface area contributed by atoms with Gasteiger partial charge in [0.25, 0.3) is 6.71 Å². The van der Waals surface area contributed by atoms with Crippen molar-refractivity contribution in [1.29, 1.82) is 0 Å². The second-order valence-electron chi connectivity index (χ2n) is 30.9. The van der Waals surface area contributed by atoms with Crippen LogP contribution in [0.15, 0.2) is 146 Å². The van der Waals surface area contributed by atoms with Crippen LogP contribution in [0.4, 0.5) is 51.2 Å². The van der Waals surface area contributed by atoms with E-state index in [0.29, 0.717) is 0 Å². The van der Waals surface area contributed by atoms with Crippen molar-refractivity contribution >= 4 is 106 Å². The second kappa shape index (κ2) is 18.2. The van der Waals surface area contributed by atoms with Gasteiger partial charge in [-0.25, -0.2) is 0 Å². The normalized spacial score (nSPS) is 17.5. The van der Waals surface area contributed by atoms with Gasteiger partial charge in [-0.15, -0.1) is 11.3 Å². The van der Waals surface area contributed by atoms with E-state index in [1.54, 1.807) is 0 Å². The van der Waals surface area contributed by atoms with E-state index < -0.39 is 0 Å². The third-order valence-electron chi connectivity index (χ3n) is 20.1. The van der Waals surface area contributed by atoms with Gasteiger partial charge >= 0.3 is 0 Å². The van der Waals surface area contributed by atoms with Gasteiger partial charge in [0.2, 0.25) is 0 Å². The summed E-state index contributed by atoms with van der Waals surface area (Å²) in [7, 11) is 0. The minimum Gasteiger partial charge on any atom is -0.311 e. The molecule has 0 amide bonds. The molecule has 0 saturated heterocycles. The van der Waals surface area contributed by atoms with E-state index in [-0.39, 0.29) is 44.6 Å². The lowest BCUT2D eigenvalue weighted by Gasteiger charge is -2.48. The van der Waals surface area contributed by atoms with Crippen LogP contribution in [-0.2, 0) is 37.9 Å². The molecule has 0 atom stereocenters. The molecule has 0 spiro atoms. The summed E-state index contributed by atoms with van der Waals surface area (Å²) in [5.41, 5.74) is 26.6. The number of aryl methyl sites for hydroxylation is 1. The third kappa shape index (κ3) is 8.70. The van der Waals surface area contributed by atoms with Gasteiger partial charge in [-0.1, -0.05) is 178 Å². The molecular formula is C77H86BN3S. The predicted octanol–water partition coefficient (Wildman–Crippen LogP) is 20.5. The van der Waals surface area contributed by atoms with Crippen molar-refractivity contribution in [2.75, 3.05) is 14.7 Å². The Morgan fingerprint density at radius 3 is 1.49 bits per heavy atom. The Labute approximate surface area is 495 Å². The number of hydrogen-bond acceptors (Lipinski definition) is 4. The first-order valence-corrected chi connectivity index (χ1v) is 31.4. The number of nitrogens with zero attached hydrogens (tertiary/aromatic N) is 3. The molecule has 9 aromatic rings. The minimum absolute atomic E-state index is 0.0179. The maximum Gasteiger partial charge on any atom is 0.252 e. The molecule has 13 rings (SSSR count). The number of fused-ring (bicyclic) bond motifs is 9. The fourth-order valence-electron chi connectivity index (χ4n) is 14.7. The van der Waals surface area contributed by atoms with Crippen molar-refractivity contribution < 1.29 is 0 Å². The fourth-order valence-corrected chi connectivity index (χ4v) is 15.9. The van der Waals surface area contributed by atoms with Crippen molar-refractivity contribution in [2.24, 2.45) is 0 Å². The second-order valence-corrected chi connectivity index (χ2v) is 32.0. The highest BCUT2D eigenvalue weighted by molar-refractivity contribution is 7.26. The summed E-state index contributed by atoms with van der Waals surface area (Å²) in [6.45, 7) is 43.0. The van der Waals surface area contributed by atoms with Crippen molar-refractivity contribution in [3.05, 3.63) is 190 Å². The largest absolute Gasteiger partial charge is 0.311 e. The van der Waals surface area contributed by atoms with Crippen LogP contribution in [0.1, 0.15) is 188 Å². The summed E-state index contributed by atoms with van der Waals surface area (Å²) in [6.07, 6.45) is 4.67. The van der Waals surface area contributed by atoms with Gasteiger partial charge in [-0.2, -0.15) is 0 Å². The van der Waals surface area contributed by atoms with Crippen LogP contribution in [0.2, 0.25) is 0 Å². The molecule has 0 saturated carbocycles. The Balaban J connectivity index is 1.13. The van der Waals surface area contributed by atoms with Crippen LogP contribution in [0.3, 0.4) is 0 Å². The molecule has 0 bridgehead atoms. The monoisotopic (exact) mass is 1100 g/mol. The van der Waals surface area contributed by atoms with E-state index in [4.69, 9.17) is 0 Å². The van der Waals surface area contributed by atoms with Crippen LogP contribution < -0.4 is 31.1 Å². The highest BCUT2D eigenvalue weighted by atomic mass is 32.1. The summed E-state index contributed by atoms with van der Waals surface area (Å²) in [4.78, 5) is 7.91. The molecule has 418 valence electrons. The van der Waals surface area contributed by atoms with Crippen LogP contribution in [0, 0.1) is 6.92 Å². The highest BCUT2D eigenvalue weighted by Gasteiger charge is 2.48. The van der Waals surface area contributed by atoms with Gasteiger partial charge < -0.3 is 14.7 Å². The topological polar surface area (TPSA) is 9.72 Å². The lowest BCUT2D eigenvalue weighted by molar-refractivity contribution is 0.332. The van der Waals surface area contributed by atoms with Gasteiger partial charge in [0.05, 0.1) is 5.69 Å². The zero-order valence-corrected chi connectivity index (χ0v) is 53.3. The molecule has 2 aliphatic carbocycles. The molecule has 8 aromatic carbocycles. The Morgan fingerprint density at radius 1 is 0.415 bits per heavy atom. The van der Waals surface area contributed by atoms with Gasteiger partial charge in [0.1, 0.15) is 0 Å². The molecule has 4 aliphatic rings.